The summed E-state index contributed by atoms with van der Waals surface area (Å²) in [5, 5.41) is 12.0. The van der Waals surface area contributed by atoms with E-state index in [-0.39, 0.29) is 11.7 Å². The highest BCUT2D eigenvalue weighted by atomic mass is 32.2. The maximum Gasteiger partial charge on any atom is 0.337 e. The number of thioether (sulfide) groups is 1. The number of aromatic nitrogens is 3. The van der Waals surface area contributed by atoms with E-state index in [0.717, 1.165) is 11.3 Å². The van der Waals surface area contributed by atoms with E-state index in [1.807, 2.05) is 28.8 Å². The van der Waals surface area contributed by atoms with Gasteiger partial charge in [-0.1, -0.05) is 11.8 Å². The summed E-state index contributed by atoms with van der Waals surface area (Å²) in [6.45, 7) is 1.03. The normalized spacial score (nSPS) is 10.6. The van der Waals surface area contributed by atoms with Crippen LogP contribution < -0.4 is 10.1 Å². The Bertz CT molecular complexity index is 1050. The van der Waals surface area contributed by atoms with Crippen LogP contribution in [0.4, 0.5) is 5.69 Å². The number of methoxy groups -OCH3 is 3. The fourth-order valence-corrected chi connectivity index (χ4v) is 3.63. The quantitative estimate of drug-likeness (QED) is 0.367. The van der Waals surface area contributed by atoms with E-state index in [2.05, 4.69) is 20.3 Å². The van der Waals surface area contributed by atoms with Crippen molar-refractivity contribution in [3.63, 3.8) is 0 Å². The lowest BCUT2D eigenvalue weighted by Gasteiger charge is -2.10. The van der Waals surface area contributed by atoms with Crippen molar-refractivity contribution in [3.8, 4) is 17.1 Å². The van der Waals surface area contributed by atoms with Crippen molar-refractivity contribution in [1.29, 1.82) is 0 Å². The largest absolute Gasteiger partial charge is 0.497 e. The minimum Gasteiger partial charge on any atom is -0.497 e. The summed E-state index contributed by atoms with van der Waals surface area (Å²) in [5.74, 6) is 0.954. The molecule has 1 amide bonds. The third-order valence-electron chi connectivity index (χ3n) is 4.51. The molecule has 0 aliphatic rings. The first-order valence-corrected chi connectivity index (χ1v) is 10.7. The number of carbonyl (C=O) groups is 2. The zero-order valence-corrected chi connectivity index (χ0v) is 18.8. The Morgan fingerprint density at radius 1 is 1.00 bits per heavy atom. The van der Waals surface area contributed by atoms with Gasteiger partial charge in [0.2, 0.25) is 5.91 Å². The van der Waals surface area contributed by atoms with Gasteiger partial charge in [-0.15, -0.1) is 10.2 Å². The smallest absolute Gasteiger partial charge is 0.337 e. The summed E-state index contributed by atoms with van der Waals surface area (Å²) >= 11 is 1.28. The number of ether oxygens (including phenoxy) is 3. The minimum atomic E-state index is -0.429. The summed E-state index contributed by atoms with van der Waals surface area (Å²) < 4.78 is 17.0. The molecule has 0 fully saturated rings. The van der Waals surface area contributed by atoms with Crippen molar-refractivity contribution in [2.24, 2.45) is 0 Å². The molecule has 0 bridgehead atoms. The van der Waals surface area contributed by atoms with Gasteiger partial charge >= 0.3 is 5.97 Å². The van der Waals surface area contributed by atoms with Crippen molar-refractivity contribution in [1.82, 2.24) is 14.8 Å². The molecule has 10 heteroatoms. The monoisotopic (exact) mass is 456 g/mol. The lowest BCUT2D eigenvalue weighted by Crippen LogP contribution is -2.15. The van der Waals surface area contributed by atoms with Gasteiger partial charge in [-0.25, -0.2) is 4.79 Å². The number of benzene rings is 2. The first-order chi connectivity index (χ1) is 15.5. The summed E-state index contributed by atoms with van der Waals surface area (Å²) in [5.41, 5.74) is 1.89. The van der Waals surface area contributed by atoms with Crippen LogP contribution in [0.15, 0.2) is 53.7 Å². The fourth-order valence-electron chi connectivity index (χ4n) is 2.87. The highest BCUT2D eigenvalue weighted by Gasteiger charge is 2.16. The number of anilines is 1. The molecule has 0 aliphatic heterocycles. The van der Waals surface area contributed by atoms with Crippen molar-refractivity contribution in [2.45, 2.75) is 11.7 Å². The molecule has 1 heterocycles. The highest BCUT2D eigenvalue weighted by molar-refractivity contribution is 7.99. The number of hydrogen-bond donors (Lipinski definition) is 1. The van der Waals surface area contributed by atoms with Gasteiger partial charge < -0.3 is 19.5 Å². The number of nitrogens with zero attached hydrogens (tertiary/aromatic N) is 3. The molecule has 168 valence electrons. The van der Waals surface area contributed by atoms with Crippen LogP contribution in [0.5, 0.6) is 5.75 Å². The molecule has 9 nitrogen and oxygen atoms in total. The molecule has 0 saturated heterocycles. The Kier molecular flexibility index (Phi) is 8.23. The molecular formula is C22H24N4O5S. The third-order valence-corrected chi connectivity index (χ3v) is 5.47. The van der Waals surface area contributed by atoms with Gasteiger partial charge in [0.1, 0.15) is 5.75 Å². The standard InChI is InChI=1S/C22H24N4O5S/c1-29-13-12-26-20(15-6-10-18(30-2)11-7-15)24-25-22(26)32-14-19(27)23-17-8-4-16(5-9-17)21(28)31-3/h4-11H,12-14H2,1-3H3,(H,23,27). The van der Waals surface area contributed by atoms with Crippen LogP contribution in [0.25, 0.3) is 11.4 Å². The number of esters is 1. The summed E-state index contributed by atoms with van der Waals surface area (Å²) in [7, 11) is 4.56. The molecule has 0 saturated carbocycles. The van der Waals surface area contributed by atoms with E-state index >= 15 is 0 Å². The molecule has 2 aromatic carbocycles. The first kappa shape index (κ1) is 23.3. The van der Waals surface area contributed by atoms with Crippen LogP contribution in [0.1, 0.15) is 10.4 Å². The molecule has 3 rings (SSSR count). The zero-order chi connectivity index (χ0) is 22.9. The van der Waals surface area contributed by atoms with Crippen LogP contribution in [0.2, 0.25) is 0 Å². The second-order valence-corrected chi connectivity index (χ2v) is 7.53. The molecule has 0 atom stereocenters. The van der Waals surface area contributed by atoms with E-state index in [9.17, 15) is 9.59 Å². The van der Waals surface area contributed by atoms with Gasteiger partial charge in [-0.05, 0) is 48.5 Å². The highest BCUT2D eigenvalue weighted by Crippen LogP contribution is 2.26. The predicted octanol–water partition coefficient (Wildman–Crippen LogP) is 3.12. The summed E-state index contributed by atoms with van der Waals surface area (Å²) in [6.07, 6.45) is 0. The van der Waals surface area contributed by atoms with E-state index < -0.39 is 5.97 Å². The van der Waals surface area contributed by atoms with E-state index in [1.54, 1.807) is 38.5 Å². The van der Waals surface area contributed by atoms with E-state index in [1.165, 1.54) is 18.9 Å². The Balaban J connectivity index is 1.67. The molecule has 0 unspecified atom stereocenters. The molecule has 1 N–H and O–H groups in total. The number of amides is 1. The lowest BCUT2D eigenvalue weighted by molar-refractivity contribution is -0.113. The molecule has 1 aromatic heterocycles. The number of rotatable bonds is 10. The molecular weight excluding hydrogens is 432 g/mol. The Morgan fingerprint density at radius 3 is 2.34 bits per heavy atom. The Hall–Kier alpha value is -3.37. The van der Waals surface area contributed by atoms with Gasteiger partial charge in [0.15, 0.2) is 11.0 Å². The van der Waals surface area contributed by atoms with Gasteiger partial charge in [-0.2, -0.15) is 0 Å². The van der Waals surface area contributed by atoms with E-state index in [0.29, 0.717) is 35.4 Å². The second kappa shape index (κ2) is 11.3. The SMILES string of the molecule is COCCn1c(SCC(=O)Nc2ccc(C(=O)OC)cc2)nnc1-c1ccc(OC)cc1. The molecule has 0 radical (unpaired) electrons. The molecule has 32 heavy (non-hydrogen) atoms. The van der Waals surface area contributed by atoms with Crippen molar-refractivity contribution >= 4 is 29.3 Å². The van der Waals surface area contributed by atoms with Crippen molar-refractivity contribution in [3.05, 3.63) is 54.1 Å². The first-order valence-electron chi connectivity index (χ1n) is 9.73. The summed E-state index contributed by atoms with van der Waals surface area (Å²) in [6, 6.07) is 14.0. The van der Waals surface area contributed by atoms with Gasteiger partial charge in [0.25, 0.3) is 0 Å². The zero-order valence-electron chi connectivity index (χ0n) is 18.0. The lowest BCUT2D eigenvalue weighted by atomic mass is 10.2. The van der Waals surface area contributed by atoms with Crippen LogP contribution in [0, 0.1) is 0 Å². The summed E-state index contributed by atoms with van der Waals surface area (Å²) in [4.78, 5) is 23.9. The fraction of sp³-hybridized carbons (Fsp3) is 0.273. The van der Waals surface area contributed by atoms with Crippen molar-refractivity contribution < 1.29 is 23.8 Å². The molecule has 0 aliphatic carbocycles. The molecule has 0 spiro atoms. The number of nitrogens with one attached hydrogen (secondary N) is 1. The average molecular weight is 457 g/mol. The van der Waals surface area contributed by atoms with Gasteiger partial charge in [-0.3, -0.25) is 9.36 Å². The predicted molar refractivity (Wildman–Crippen MR) is 121 cm³/mol. The Morgan fingerprint density at radius 2 is 1.72 bits per heavy atom. The van der Waals surface area contributed by atoms with Crippen molar-refractivity contribution in [2.75, 3.05) is 39.0 Å². The van der Waals surface area contributed by atoms with Crippen LogP contribution in [-0.4, -0.2) is 60.3 Å². The van der Waals surface area contributed by atoms with Gasteiger partial charge in [0, 0.05) is 18.4 Å². The number of hydrogen-bond acceptors (Lipinski definition) is 8. The topological polar surface area (TPSA) is 105 Å². The second-order valence-electron chi connectivity index (χ2n) is 6.58. The van der Waals surface area contributed by atoms with Crippen LogP contribution in [-0.2, 0) is 20.8 Å². The van der Waals surface area contributed by atoms with Crippen LogP contribution >= 0.6 is 11.8 Å². The maximum absolute atomic E-state index is 12.4. The average Bonchev–Trinajstić information content (AvgIpc) is 3.24. The van der Waals surface area contributed by atoms with Crippen LogP contribution in [0.3, 0.4) is 0 Å². The van der Waals surface area contributed by atoms with E-state index in [4.69, 9.17) is 9.47 Å². The number of carbonyl (C=O) groups excluding carboxylic acids is 2. The molecule has 3 aromatic rings. The minimum absolute atomic E-state index is 0.145. The van der Waals surface area contributed by atoms with Gasteiger partial charge in [0.05, 0.1) is 38.7 Å². The maximum atomic E-state index is 12.4. The Labute approximate surface area is 190 Å². The third kappa shape index (κ3) is 5.86.